The summed E-state index contributed by atoms with van der Waals surface area (Å²) in [6.07, 6.45) is -0.335. The van der Waals surface area contributed by atoms with Gasteiger partial charge in [0.15, 0.2) is 6.10 Å². The van der Waals surface area contributed by atoms with Crippen LogP contribution in [0.4, 0.5) is 5.69 Å². The third-order valence-corrected chi connectivity index (χ3v) is 5.52. The van der Waals surface area contributed by atoms with Gasteiger partial charge in [-0.15, -0.1) is 0 Å². The maximum Gasteiger partial charge on any atom is 0.152 e. The summed E-state index contributed by atoms with van der Waals surface area (Å²) in [6.45, 7) is 2.07. The molecule has 0 aromatic heterocycles. The van der Waals surface area contributed by atoms with Crippen molar-refractivity contribution in [1.29, 1.82) is 0 Å². The first-order chi connectivity index (χ1) is 12.5. The van der Waals surface area contributed by atoms with Crippen molar-refractivity contribution in [2.75, 3.05) is 5.32 Å². The van der Waals surface area contributed by atoms with E-state index in [4.69, 9.17) is 4.74 Å². The zero-order chi connectivity index (χ0) is 18.3. The monoisotopic (exact) mass is 473 g/mol. The summed E-state index contributed by atoms with van der Waals surface area (Å²) in [7, 11) is 0. The van der Waals surface area contributed by atoms with Crippen molar-refractivity contribution in [1.82, 2.24) is 0 Å². The number of nitrogens with one attached hydrogen (secondary N) is 1. The Morgan fingerprint density at radius 3 is 2.27 bits per heavy atom. The first-order valence-electron chi connectivity index (χ1n) is 8.29. The topological polar surface area (TPSA) is 41.5 Å². The maximum atomic E-state index is 10.4. The summed E-state index contributed by atoms with van der Waals surface area (Å²) in [6, 6.07) is 19.5. The van der Waals surface area contributed by atoms with Crippen molar-refractivity contribution in [3.8, 4) is 11.5 Å². The smallest absolute Gasteiger partial charge is 0.152 e. The summed E-state index contributed by atoms with van der Waals surface area (Å²) in [5.41, 5.74) is 4.03. The highest BCUT2D eigenvalue weighted by molar-refractivity contribution is 9.10. The highest BCUT2D eigenvalue weighted by Gasteiger charge is 2.37. The number of fused-ring (bicyclic) bond motifs is 1. The van der Waals surface area contributed by atoms with Crippen molar-refractivity contribution in [2.45, 2.75) is 19.1 Å². The van der Waals surface area contributed by atoms with Crippen LogP contribution in [0.3, 0.4) is 0 Å². The van der Waals surface area contributed by atoms with Gasteiger partial charge in [-0.25, -0.2) is 0 Å². The Balaban J connectivity index is 1.77. The van der Waals surface area contributed by atoms with Crippen LogP contribution in [0.1, 0.15) is 28.8 Å². The second-order valence-corrected chi connectivity index (χ2v) is 8.24. The summed E-state index contributed by atoms with van der Waals surface area (Å²) in [5.74, 6) is 1.04. The Labute approximate surface area is 169 Å². The molecule has 5 heteroatoms. The first-order valence-corrected chi connectivity index (χ1v) is 9.87. The van der Waals surface area contributed by atoms with E-state index in [0.717, 1.165) is 31.5 Å². The molecule has 0 fully saturated rings. The molecule has 4 rings (SSSR count). The Morgan fingerprint density at radius 2 is 1.54 bits per heavy atom. The minimum Gasteiger partial charge on any atom is -0.508 e. The van der Waals surface area contributed by atoms with Crippen LogP contribution in [-0.2, 0) is 0 Å². The summed E-state index contributed by atoms with van der Waals surface area (Å²) in [5, 5.41) is 14.0. The lowest BCUT2D eigenvalue weighted by molar-refractivity contribution is 0.213. The molecule has 2 atom stereocenters. The highest BCUT2D eigenvalue weighted by Crippen LogP contribution is 2.49. The van der Waals surface area contributed by atoms with E-state index in [1.165, 1.54) is 5.56 Å². The van der Waals surface area contributed by atoms with E-state index in [9.17, 15) is 5.11 Å². The number of anilines is 1. The summed E-state index contributed by atoms with van der Waals surface area (Å²) in [4.78, 5) is 0. The van der Waals surface area contributed by atoms with E-state index in [1.807, 2.05) is 24.3 Å². The van der Waals surface area contributed by atoms with Crippen molar-refractivity contribution in [3.63, 3.8) is 0 Å². The Kier molecular flexibility index (Phi) is 4.67. The van der Waals surface area contributed by atoms with E-state index in [-0.39, 0.29) is 17.9 Å². The molecular formula is C21H17Br2NO2. The molecule has 26 heavy (non-hydrogen) atoms. The van der Waals surface area contributed by atoms with Gasteiger partial charge in [-0.1, -0.05) is 49.6 Å². The van der Waals surface area contributed by atoms with E-state index in [2.05, 4.69) is 74.4 Å². The summed E-state index contributed by atoms with van der Waals surface area (Å²) >= 11 is 7.04. The number of ether oxygens (including phenoxy) is 1. The average molecular weight is 475 g/mol. The largest absolute Gasteiger partial charge is 0.508 e. The predicted octanol–water partition coefficient (Wildman–Crippen LogP) is 6.51. The molecule has 3 aromatic rings. The van der Waals surface area contributed by atoms with E-state index >= 15 is 0 Å². The van der Waals surface area contributed by atoms with Crippen LogP contribution >= 0.6 is 31.9 Å². The van der Waals surface area contributed by atoms with E-state index < -0.39 is 0 Å². The Hall–Kier alpha value is -1.98. The Bertz CT molecular complexity index is 957. The lowest BCUT2D eigenvalue weighted by Crippen LogP contribution is -2.18. The molecule has 0 aliphatic carbocycles. The molecule has 2 N–H and O–H groups in total. The fraction of sp³-hybridized carbons (Fsp3) is 0.143. The van der Waals surface area contributed by atoms with Gasteiger partial charge in [-0.2, -0.15) is 0 Å². The maximum absolute atomic E-state index is 10.4. The van der Waals surface area contributed by atoms with Crippen LogP contribution in [-0.4, -0.2) is 5.11 Å². The first kappa shape index (κ1) is 17.4. The minimum absolute atomic E-state index is 0.120. The molecule has 0 spiro atoms. The number of halogens is 2. The lowest BCUT2D eigenvalue weighted by atomic mass is 9.97. The standard InChI is InChI=1S/C21H17Br2NO2/c1-12-2-6-15(7-3-12)24-20-17-11-14(23)5-9-19(17)26-21(20)16-10-13(22)4-8-18(16)25/h2-11,20-21,24-25H,1H3/t20-,21+/m0/s1. The van der Waals surface area contributed by atoms with Gasteiger partial charge < -0.3 is 15.2 Å². The molecule has 0 unspecified atom stereocenters. The van der Waals surface area contributed by atoms with Gasteiger partial charge in [-0.3, -0.25) is 0 Å². The van der Waals surface area contributed by atoms with Crippen molar-refractivity contribution in [2.24, 2.45) is 0 Å². The van der Waals surface area contributed by atoms with Crippen LogP contribution in [0.15, 0.2) is 69.6 Å². The molecule has 1 heterocycles. The van der Waals surface area contributed by atoms with Crippen LogP contribution in [0.2, 0.25) is 0 Å². The van der Waals surface area contributed by atoms with Gasteiger partial charge in [0.05, 0.1) is 6.04 Å². The second-order valence-electron chi connectivity index (χ2n) is 6.41. The normalized spacial score (nSPS) is 18.3. The fourth-order valence-electron chi connectivity index (χ4n) is 3.22. The zero-order valence-electron chi connectivity index (χ0n) is 14.0. The zero-order valence-corrected chi connectivity index (χ0v) is 17.2. The highest BCUT2D eigenvalue weighted by atomic mass is 79.9. The van der Waals surface area contributed by atoms with Gasteiger partial charge in [0.2, 0.25) is 0 Å². The van der Waals surface area contributed by atoms with Crippen molar-refractivity contribution in [3.05, 3.63) is 86.3 Å². The van der Waals surface area contributed by atoms with Crippen molar-refractivity contribution < 1.29 is 9.84 Å². The number of phenols is 1. The second kappa shape index (κ2) is 6.97. The van der Waals surface area contributed by atoms with Crippen LogP contribution in [0.25, 0.3) is 0 Å². The number of aryl methyl sites for hydroxylation is 1. The molecule has 1 aliphatic heterocycles. The van der Waals surface area contributed by atoms with Gasteiger partial charge in [0, 0.05) is 25.8 Å². The molecule has 1 aliphatic rings. The number of aromatic hydroxyl groups is 1. The number of hydrogen-bond donors (Lipinski definition) is 2. The molecular weight excluding hydrogens is 458 g/mol. The van der Waals surface area contributed by atoms with Crippen LogP contribution in [0.5, 0.6) is 11.5 Å². The SMILES string of the molecule is Cc1ccc(N[C@H]2c3cc(Br)ccc3O[C@@H]2c2cc(Br)ccc2O)cc1. The molecule has 0 bridgehead atoms. The molecule has 132 valence electrons. The lowest BCUT2D eigenvalue weighted by Gasteiger charge is -2.23. The molecule has 0 saturated carbocycles. The quantitative estimate of drug-likeness (QED) is 0.454. The van der Waals surface area contributed by atoms with Gasteiger partial charge in [0.25, 0.3) is 0 Å². The number of phenolic OH excluding ortho intramolecular Hbond substituents is 1. The predicted molar refractivity (Wildman–Crippen MR) is 111 cm³/mol. The minimum atomic E-state index is -0.335. The number of rotatable bonds is 3. The van der Waals surface area contributed by atoms with Gasteiger partial charge >= 0.3 is 0 Å². The van der Waals surface area contributed by atoms with Crippen LogP contribution in [0, 0.1) is 6.92 Å². The average Bonchev–Trinajstić information content (AvgIpc) is 2.96. The molecule has 0 amide bonds. The third-order valence-electron chi connectivity index (χ3n) is 4.53. The fourth-order valence-corrected chi connectivity index (χ4v) is 3.97. The van der Waals surface area contributed by atoms with E-state index in [1.54, 1.807) is 6.07 Å². The molecule has 3 aromatic carbocycles. The third kappa shape index (κ3) is 3.33. The van der Waals surface area contributed by atoms with Crippen molar-refractivity contribution >= 4 is 37.5 Å². The van der Waals surface area contributed by atoms with E-state index in [0.29, 0.717) is 0 Å². The van der Waals surface area contributed by atoms with Gasteiger partial charge in [-0.05, 0) is 55.5 Å². The summed E-state index contributed by atoms with van der Waals surface area (Å²) < 4.78 is 8.13. The molecule has 0 radical (unpaired) electrons. The number of benzene rings is 3. The number of hydrogen-bond acceptors (Lipinski definition) is 3. The van der Waals surface area contributed by atoms with Crippen LogP contribution < -0.4 is 10.1 Å². The molecule has 3 nitrogen and oxygen atoms in total. The molecule has 0 saturated heterocycles. The van der Waals surface area contributed by atoms with Gasteiger partial charge in [0.1, 0.15) is 11.5 Å². The Morgan fingerprint density at radius 1 is 0.885 bits per heavy atom.